The highest BCUT2D eigenvalue weighted by atomic mass is 19.1. The molecule has 106 valence electrons. The first-order valence-electron chi connectivity index (χ1n) is 6.78. The van der Waals surface area contributed by atoms with Crippen molar-refractivity contribution in [2.45, 2.75) is 33.6 Å². The van der Waals surface area contributed by atoms with Crippen molar-refractivity contribution in [1.29, 1.82) is 0 Å². The van der Waals surface area contributed by atoms with Crippen molar-refractivity contribution in [3.8, 4) is 11.1 Å². The molecule has 4 heteroatoms. The van der Waals surface area contributed by atoms with Crippen LogP contribution in [0.4, 0.5) is 10.3 Å². The van der Waals surface area contributed by atoms with Gasteiger partial charge in [0.2, 0.25) is 5.88 Å². The minimum atomic E-state index is -0.306. The van der Waals surface area contributed by atoms with Crippen LogP contribution in [0.3, 0.4) is 0 Å². The Morgan fingerprint density at radius 1 is 1.15 bits per heavy atom. The molecule has 0 bridgehead atoms. The Hall–Kier alpha value is -1.84. The average Bonchev–Trinajstić information content (AvgIpc) is 2.65. The number of hydrogen-bond donors (Lipinski definition) is 1. The second-order valence-corrected chi connectivity index (χ2v) is 6.66. The fourth-order valence-electron chi connectivity index (χ4n) is 3.33. The predicted octanol–water partition coefficient (Wildman–Crippen LogP) is 4.21. The number of anilines is 1. The van der Waals surface area contributed by atoms with Crippen LogP contribution in [-0.2, 0) is 0 Å². The summed E-state index contributed by atoms with van der Waals surface area (Å²) in [7, 11) is 0. The Morgan fingerprint density at radius 3 is 2.30 bits per heavy atom. The van der Waals surface area contributed by atoms with E-state index in [4.69, 9.17) is 10.3 Å². The fourth-order valence-corrected chi connectivity index (χ4v) is 3.33. The van der Waals surface area contributed by atoms with E-state index in [1.165, 1.54) is 6.07 Å². The Balaban J connectivity index is 2.16. The van der Waals surface area contributed by atoms with Crippen LogP contribution in [0.1, 0.15) is 39.3 Å². The average molecular weight is 274 g/mol. The molecule has 3 nitrogen and oxygen atoms in total. The minimum Gasteiger partial charge on any atom is -0.367 e. The van der Waals surface area contributed by atoms with Gasteiger partial charge in [0.25, 0.3) is 0 Å². The van der Waals surface area contributed by atoms with E-state index in [1.807, 2.05) is 0 Å². The Bertz CT molecular complexity index is 659. The topological polar surface area (TPSA) is 52.0 Å². The van der Waals surface area contributed by atoms with Crippen molar-refractivity contribution in [2.24, 2.45) is 10.8 Å². The highest BCUT2D eigenvalue weighted by molar-refractivity contribution is 5.77. The van der Waals surface area contributed by atoms with Crippen LogP contribution in [0.25, 0.3) is 11.1 Å². The van der Waals surface area contributed by atoms with Crippen LogP contribution in [-0.4, -0.2) is 5.16 Å². The van der Waals surface area contributed by atoms with Gasteiger partial charge in [-0.15, -0.1) is 0 Å². The maximum atomic E-state index is 14.1. The Labute approximate surface area is 118 Å². The van der Waals surface area contributed by atoms with Gasteiger partial charge in [0.1, 0.15) is 5.82 Å². The van der Waals surface area contributed by atoms with Crippen LogP contribution in [0.15, 0.2) is 28.8 Å². The third kappa shape index (κ3) is 1.54. The van der Waals surface area contributed by atoms with E-state index in [0.29, 0.717) is 11.1 Å². The lowest BCUT2D eigenvalue weighted by Gasteiger charge is -2.05. The van der Waals surface area contributed by atoms with Gasteiger partial charge in [0.15, 0.2) is 0 Å². The zero-order valence-corrected chi connectivity index (χ0v) is 12.2. The first kappa shape index (κ1) is 13.2. The number of nitrogens with two attached hydrogens (primary N) is 1. The molecule has 0 amide bonds. The van der Waals surface area contributed by atoms with Gasteiger partial charge in [0.05, 0.1) is 11.3 Å². The molecule has 0 atom stereocenters. The van der Waals surface area contributed by atoms with Crippen molar-refractivity contribution in [3.63, 3.8) is 0 Å². The van der Waals surface area contributed by atoms with E-state index in [-0.39, 0.29) is 28.4 Å². The van der Waals surface area contributed by atoms with Crippen molar-refractivity contribution >= 4 is 5.88 Å². The molecule has 0 saturated heterocycles. The summed E-state index contributed by atoms with van der Waals surface area (Å²) >= 11 is 0. The van der Waals surface area contributed by atoms with Crippen LogP contribution in [0.2, 0.25) is 0 Å². The molecule has 1 fully saturated rings. The molecule has 0 radical (unpaired) electrons. The predicted molar refractivity (Wildman–Crippen MR) is 76.6 cm³/mol. The molecule has 1 aliphatic rings. The molecule has 1 aromatic heterocycles. The highest BCUT2D eigenvalue weighted by Crippen LogP contribution is 2.74. The molecular formula is C16H19FN2O. The van der Waals surface area contributed by atoms with Gasteiger partial charge < -0.3 is 10.3 Å². The van der Waals surface area contributed by atoms with E-state index in [1.54, 1.807) is 18.2 Å². The van der Waals surface area contributed by atoms with E-state index in [2.05, 4.69) is 32.9 Å². The lowest BCUT2D eigenvalue weighted by Crippen LogP contribution is -1.95. The molecule has 1 heterocycles. The second-order valence-electron chi connectivity index (χ2n) is 6.66. The van der Waals surface area contributed by atoms with Crippen LogP contribution < -0.4 is 5.73 Å². The monoisotopic (exact) mass is 274 g/mol. The summed E-state index contributed by atoms with van der Waals surface area (Å²) in [5, 5.41) is 4.12. The zero-order valence-electron chi connectivity index (χ0n) is 12.2. The van der Waals surface area contributed by atoms with Gasteiger partial charge >= 0.3 is 0 Å². The summed E-state index contributed by atoms with van der Waals surface area (Å²) in [6, 6.07) is 6.59. The summed E-state index contributed by atoms with van der Waals surface area (Å²) in [5.41, 5.74) is 7.90. The molecule has 0 unspecified atom stereocenters. The molecule has 20 heavy (non-hydrogen) atoms. The lowest BCUT2D eigenvalue weighted by molar-refractivity contribution is 0.423. The summed E-state index contributed by atoms with van der Waals surface area (Å²) in [5.74, 6) is 0.0918. The van der Waals surface area contributed by atoms with E-state index in [9.17, 15) is 4.39 Å². The Kier molecular flexibility index (Phi) is 2.53. The third-order valence-electron chi connectivity index (χ3n) is 5.18. The number of halogens is 1. The molecule has 0 spiro atoms. The van der Waals surface area contributed by atoms with Gasteiger partial charge in [-0.3, -0.25) is 0 Å². The normalized spacial score (nSPS) is 20.1. The van der Waals surface area contributed by atoms with Crippen molar-refractivity contribution in [1.82, 2.24) is 5.16 Å². The standard InChI is InChI=1S/C16H19FN2O/c1-15(2)13(16(15,3)4)12-11(14(18)20-19-12)9-7-5-6-8-10(9)17/h5-8,13H,18H2,1-4H3. The molecule has 2 aromatic rings. The number of benzene rings is 1. The quantitative estimate of drug-likeness (QED) is 0.892. The number of aromatic nitrogens is 1. The van der Waals surface area contributed by atoms with Gasteiger partial charge in [-0.2, -0.15) is 0 Å². The van der Waals surface area contributed by atoms with Gasteiger partial charge in [0, 0.05) is 11.5 Å². The molecule has 1 saturated carbocycles. The van der Waals surface area contributed by atoms with Gasteiger partial charge in [-0.05, 0) is 16.9 Å². The fraction of sp³-hybridized carbons (Fsp3) is 0.438. The Morgan fingerprint density at radius 2 is 1.75 bits per heavy atom. The second kappa shape index (κ2) is 3.84. The zero-order chi connectivity index (χ0) is 14.7. The summed E-state index contributed by atoms with van der Waals surface area (Å²) < 4.78 is 19.2. The number of hydrogen-bond acceptors (Lipinski definition) is 3. The number of nitrogen functional groups attached to an aromatic ring is 1. The lowest BCUT2D eigenvalue weighted by atomic mass is 9.99. The molecule has 2 N–H and O–H groups in total. The van der Waals surface area contributed by atoms with E-state index < -0.39 is 0 Å². The third-order valence-corrected chi connectivity index (χ3v) is 5.18. The van der Waals surface area contributed by atoms with Crippen molar-refractivity contribution in [2.75, 3.05) is 5.73 Å². The highest BCUT2D eigenvalue weighted by Gasteiger charge is 2.67. The first-order valence-corrected chi connectivity index (χ1v) is 6.78. The van der Waals surface area contributed by atoms with E-state index >= 15 is 0 Å². The van der Waals surface area contributed by atoms with Crippen molar-refractivity contribution in [3.05, 3.63) is 35.8 Å². The summed E-state index contributed by atoms with van der Waals surface area (Å²) in [6.45, 7) is 8.75. The molecule has 0 aliphatic heterocycles. The number of rotatable bonds is 2. The first-order chi connectivity index (χ1) is 9.28. The van der Waals surface area contributed by atoms with E-state index in [0.717, 1.165) is 5.69 Å². The molecular weight excluding hydrogens is 255 g/mol. The number of nitrogens with zero attached hydrogens (tertiary/aromatic N) is 1. The summed E-state index contributed by atoms with van der Waals surface area (Å²) in [6.07, 6.45) is 0. The van der Waals surface area contributed by atoms with Gasteiger partial charge in [-0.1, -0.05) is 51.1 Å². The van der Waals surface area contributed by atoms with Crippen molar-refractivity contribution < 1.29 is 8.91 Å². The molecule has 1 aromatic carbocycles. The summed E-state index contributed by atoms with van der Waals surface area (Å²) in [4.78, 5) is 0. The smallest absolute Gasteiger partial charge is 0.230 e. The minimum absolute atomic E-state index is 0.0936. The van der Waals surface area contributed by atoms with Gasteiger partial charge in [-0.25, -0.2) is 4.39 Å². The van der Waals surface area contributed by atoms with Crippen LogP contribution in [0, 0.1) is 16.6 Å². The molecule has 1 aliphatic carbocycles. The van der Waals surface area contributed by atoms with Crippen LogP contribution in [0.5, 0.6) is 0 Å². The molecule has 3 rings (SSSR count). The van der Waals surface area contributed by atoms with Crippen LogP contribution >= 0.6 is 0 Å². The SMILES string of the molecule is CC1(C)C(c2noc(N)c2-c2ccccc2F)C1(C)C. The maximum absolute atomic E-state index is 14.1. The largest absolute Gasteiger partial charge is 0.367 e. The maximum Gasteiger partial charge on any atom is 0.230 e.